The van der Waals surface area contributed by atoms with Crippen LogP contribution in [0.25, 0.3) is 0 Å². The molecule has 0 radical (unpaired) electrons. The van der Waals surface area contributed by atoms with Crippen LogP contribution < -0.4 is 4.74 Å². The molecule has 2 rings (SSSR count). The second kappa shape index (κ2) is 8.34. The van der Waals surface area contributed by atoms with Crippen molar-refractivity contribution in [1.29, 1.82) is 5.26 Å². The quantitative estimate of drug-likeness (QED) is 0.682. The maximum atomic E-state index is 13.6. The number of halogens is 5. The van der Waals surface area contributed by atoms with Gasteiger partial charge in [-0.15, -0.1) is 0 Å². The summed E-state index contributed by atoms with van der Waals surface area (Å²) in [6.45, 7) is -0.123. The molecule has 0 unspecified atom stereocenters. The number of ether oxygens (including phenoxy) is 1. The first kappa shape index (κ1) is 22.6. The van der Waals surface area contributed by atoms with Gasteiger partial charge in [0, 0.05) is 17.2 Å². The highest BCUT2D eigenvalue weighted by molar-refractivity contribution is 7.92. The average molecular weight is 435 g/mol. The second-order valence-electron chi connectivity index (χ2n) is 5.82. The summed E-state index contributed by atoms with van der Waals surface area (Å²) in [5, 5.41) is 18.8. The van der Waals surface area contributed by atoms with Gasteiger partial charge in [-0.25, -0.2) is 17.2 Å². The van der Waals surface area contributed by atoms with E-state index in [0.717, 1.165) is 24.3 Å². The van der Waals surface area contributed by atoms with Crippen LogP contribution in [0, 0.1) is 17.1 Å². The lowest BCUT2D eigenvalue weighted by Gasteiger charge is -2.21. The summed E-state index contributed by atoms with van der Waals surface area (Å²) >= 11 is 0. The van der Waals surface area contributed by atoms with Crippen LogP contribution in [0.4, 0.5) is 22.0 Å². The fourth-order valence-electron chi connectivity index (χ4n) is 2.70. The Morgan fingerprint density at radius 2 is 1.90 bits per heavy atom. The fourth-order valence-corrected chi connectivity index (χ4v) is 3.74. The van der Waals surface area contributed by atoms with Crippen LogP contribution in [0.2, 0.25) is 0 Å². The third-order valence-electron chi connectivity index (χ3n) is 3.93. The molecule has 0 bridgehead atoms. The molecule has 0 heterocycles. The largest absolute Gasteiger partial charge is 0.501 e. The summed E-state index contributed by atoms with van der Waals surface area (Å²) in [7, 11) is -5.89. The molecule has 0 saturated carbocycles. The molecule has 0 aliphatic rings. The van der Waals surface area contributed by atoms with Gasteiger partial charge in [-0.1, -0.05) is 6.92 Å². The van der Waals surface area contributed by atoms with Crippen molar-refractivity contribution in [3.05, 3.63) is 52.8 Å². The standard InChI is InChI=1S/C18H14F5NO4S/c1-2-13-15(28-12-6-10(9-24)5-11(20)7-12)3-4-16(17(13)14(25)8-19)29(26,27)18(21,22)23/h3-7,14,25H,2,8H2,1H3/t14-/m1/s1. The number of benzene rings is 2. The van der Waals surface area contributed by atoms with Crippen LogP contribution in [0.5, 0.6) is 11.5 Å². The van der Waals surface area contributed by atoms with Crippen molar-refractivity contribution in [1.82, 2.24) is 0 Å². The van der Waals surface area contributed by atoms with Crippen LogP contribution in [0.15, 0.2) is 35.2 Å². The average Bonchev–Trinajstić information content (AvgIpc) is 2.65. The topological polar surface area (TPSA) is 87.4 Å². The number of aliphatic hydroxyl groups is 1. The zero-order valence-corrected chi connectivity index (χ0v) is 15.6. The van der Waals surface area contributed by atoms with Gasteiger partial charge in [0.25, 0.3) is 9.84 Å². The van der Waals surface area contributed by atoms with Gasteiger partial charge in [-0.3, -0.25) is 0 Å². The summed E-state index contributed by atoms with van der Waals surface area (Å²) in [4.78, 5) is -1.30. The molecule has 156 valence electrons. The Morgan fingerprint density at radius 3 is 2.41 bits per heavy atom. The van der Waals surface area contributed by atoms with Crippen LogP contribution in [0.1, 0.15) is 29.7 Å². The van der Waals surface area contributed by atoms with Crippen molar-refractivity contribution in [2.45, 2.75) is 29.9 Å². The molecule has 0 amide bonds. The predicted octanol–water partition coefficient (Wildman–Crippen LogP) is 4.35. The number of hydrogen-bond acceptors (Lipinski definition) is 5. The molecular formula is C18H14F5NO4S. The van der Waals surface area contributed by atoms with Crippen molar-refractivity contribution in [3.8, 4) is 17.6 Å². The van der Waals surface area contributed by atoms with Gasteiger partial charge in [0.1, 0.15) is 30.1 Å². The van der Waals surface area contributed by atoms with Gasteiger partial charge in [-0.05, 0) is 30.7 Å². The van der Waals surface area contributed by atoms with E-state index < -0.39 is 44.4 Å². The molecule has 2 aromatic rings. The van der Waals surface area contributed by atoms with E-state index >= 15 is 0 Å². The molecule has 5 nitrogen and oxygen atoms in total. The van der Waals surface area contributed by atoms with E-state index in [1.807, 2.05) is 0 Å². The summed E-state index contributed by atoms with van der Waals surface area (Å²) in [6, 6.07) is 6.09. The van der Waals surface area contributed by atoms with Crippen LogP contribution in [0.3, 0.4) is 0 Å². The van der Waals surface area contributed by atoms with E-state index in [9.17, 15) is 35.5 Å². The predicted molar refractivity (Wildman–Crippen MR) is 91.2 cm³/mol. The second-order valence-corrected chi connectivity index (χ2v) is 7.73. The van der Waals surface area contributed by atoms with E-state index in [1.165, 1.54) is 6.92 Å². The Kier molecular flexibility index (Phi) is 6.50. The van der Waals surface area contributed by atoms with Gasteiger partial charge in [0.2, 0.25) is 0 Å². The van der Waals surface area contributed by atoms with Gasteiger partial charge in [-0.2, -0.15) is 18.4 Å². The van der Waals surface area contributed by atoms with Crippen molar-refractivity contribution < 1.29 is 40.2 Å². The normalized spacial score (nSPS) is 13.0. The third kappa shape index (κ3) is 4.49. The zero-order valence-electron chi connectivity index (χ0n) is 14.8. The number of nitriles is 1. The number of aliphatic hydroxyl groups excluding tert-OH is 1. The number of sulfone groups is 1. The Hall–Kier alpha value is -2.71. The number of nitrogens with zero attached hydrogens (tertiary/aromatic N) is 1. The summed E-state index contributed by atoms with van der Waals surface area (Å²) in [5.74, 6) is -1.23. The molecule has 11 heteroatoms. The van der Waals surface area contributed by atoms with Gasteiger partial charge in [0.05, 0.1) is 16.5 Å². The lowest BCUT2D eigenvalue weighted by molar-refractivity contribution is -0.0437. The summed E-state index contributed by atoms with van der Waals surface area (Å²) in [5.41, 5.74) is -6.77. The minimum Gasteiger partial charge on any atom is -0.457 e. The number of rotatable bonds is 6. The molecule has 0 saturated heterocycles. The molecular weight excluding hydrogens is 421 g/mol. The molecule has 0 spiro atoms. The Labute approximate surface area is 162 Å². The summed E-state index contributed by atoms with van der Waals surface area (Å²) in [6.07, 6.45) is -2.30. The van der Waals surface area contributed by atoms with Crippen LogP contribution in [-0.2, 0) is 16.3 Å². The monoisotopic (exact) mass is 435 g/mol. The first-order valence-electron chi connectivity index (χ1n) is 8.06. The molecule has 1 N–H and O–H groups in total. The maximum absolute atomic E-state index is 13.6. The minimum atomic E-state index is -5.89. The summed E-state index contributed by atoms with van der Waals surface area (Å²) < 4.78 is 94.9. The number of alkyl halides is 4. The van der Waals surface area contributed by atoms with E-state index in [0.29, 0.717) is 6.07 Å². The molecule has 0 aromatic heterocycles. The maximum Gasteiger partial charge on any atom is 0.501 e. The van der Waals surface area contributed by atoms with Gasteiger partial charge in [0.15, 0.2) is 0 Å². The Balaban J connectivity index is 2.72. The first-order valence-corrected chi connectivity index (χ1v) is 9.54. The Bertz CT molecular complexity index is 1060. The van der Waals surface area contributed by atoms with Gasteiger partial charge >= 0.3 is 5.51 Å². The fraction of sp³-hybridized carbons (Fsp3) is 0.278. The molecule has 29 heavy (non-hydrogen) atoms. The molecule has 1 atom stereocenters. The van der Waals surface area contributed by atoms with Crippen molar-refractivity contribution in [2.75, 3.05) is 6.67 Å². The SMILES string of the molecule is CCc1c(Oc2cc(F)cc(C#N)c2)ccc(S(=O)(=O)C(F)(F)F)c1[C@H](O)CF. The minimum absolute atomic E-state index is 0.0988. The van der Waals surface area contributed by atoms with E-state index in [4.69, 9.17) is 10.00 Å². The van der Waals surface area contributed by atoms with E-state index in [2.05, 4.69) is 0 Å². The molecule has 0 aliphatic heterocycles. The smallest absolute Gasteiger partial charge is 0.457 e. The van der Waals surface area contributed by atoms with Crippen LogP contribution in [-0.4, -0.2) is 25.7 Å². The number of hydrogen-bond donors (Lipinski definition) is 1. The van der Waals surface area contributed by atoms with E-state index in [-0.39, 0.29) is 29.0 Å². The van der Waals surface area contributed by atoms with Crippen molar-refractivity contribution >= 4 is 9.84 Å². The van der Waals surface area contributed by atoms with E-state index in [1.54, 1.807) is 6.07 Å². The molecule has 0 aliphatic carbocycles. The highest BCUT2D eigenvalue weighted by atomic mass is 32.2. The third-order valence-corrected chi connectivity index (χ3v) is 5.47. The Morgan fingerprint density at radius 1 is 1.24 bits per heavy atom. The highest BCUT2D eigenvalue weighted by Crippen LogP contribution is 2.40. The van der Waals surface area contributed by atoms with Crippen molar-refractivity contribution in [3.63, 3.8) is 0 Å². The lowest BCUT2D eigenvalue weighted by Crippen LogP contribution is -2.26. The molecule has 0 fully saturated rings. The van der Waals surface area contributed by atoms with Gasteiger partial charge < -0.3 is 9.84 Å². The van der Waals surface area contributed by atoms with Crippen molar-refractivity contribution in [2.24, 2.45) is 0 Å². The lowest BCUT2D eigenvalue weighted by atomic mass is 9.99. The zero-order chi connectivity index (χ0) is 22.0. The highest BCUT2D eigenvalue weighted by Gasteiger charge is 2.48. The molecule has 2 aromatic carbocycles. The first-order chi connectivity index (χ1) is 13.5. The van der Waals surface area contributed by atoms with Crippen LogP contribution >= 0.6 is 0 Å².